The van der Waals surface area contributed by atoms with Gasteiger partial charge in [0.1, 0.15) is 4.60 Å². The second-order valence-electron chi connectivity index (χ2n) is 2.09. The fourth-order valence-electron chi connectivity index (χ4n) is 0.860. The number of anilines is 1. The van der Waals surface area contributed by atoms with Gasteiger partial charge < -0.3 is 5.73 Å². The molecule has 2 aromatic rings. The minimum Gasteiger partial charge on any atom is -0.369 e. The van der Waals surface area contributed by atoms with Crippen molar-refractivity contribution in [3.8, 4) is 5.13 Å². The van der Waals surface area contributed by atoms with Crippen molar-refractivity contribution in [2.24, 2.45) is 0 Å². The summed E-state index contributed by atoms with van der Waals surface area (Å²) in [6.45, 7) is 0. The Hall–Kier alpha value is -0.880. The molecule has 0 saturated heterocycles. The van der Waals surface area contributed by atoms with Crippen LogP contribution in [0.1, 0.15) is 0 Å². The number of aromatic nitrogens is 3. The van der Waals surface area contributed by atoms with E-state index >= 15 is 0 Å². The molecule has 0 bridgehead atoms. The van der Waals surface area contributed by atoms with Crippen LogP contribution in [0.2, 0.25) is 0 Å². The molecule has 0 aliphatic rings. The highest BCUT2D eigenvalue weighted by Crippen LogP contribution is 2.21. The Kier molecular flexibility index (Phi) is 1.86. The molecule has 2 rings (SSSR count). The standard InChI is InChI=1S/C6H5BrN4S/c7-4-3-10-5(8)11(4)6-9-1-2-12-6/h1-3H,(H2,8,10). The quantitative estimate of drug-likeness (QED) is 0.831. The summed E-state index contributed by atoms with van der Waals surface area (Å²) in [4.78, 5) is 8.04. The van der Waals surface area contributed by atoms with Crippen LogP contribution in [0, 0.1) is 0 Å². The molecule has 2 aromatic heterocycles. The lowest BCUT2D eigenvalue weighted by Crippen LogP contribution is -1.99. The summed E-state index contributed by atoms with van der Waals surface area (Å²) in [5.41, 5.74) is 5.62. The van der Waals surface area contributed by atoms with Gasteiger partial charge in [0.15, 0.2) is 5.13 Å². The van der Waals surface area contributed by atoms with Gasteiger partial charge in [-0.15, -0.1) is 11.3 Å². The van der Waals surface area contributed by atoms with E-state index in [1.807, 2.05) is 5.38 Å². The molecule has 0 aliphatic heterocycles. The predicted molar refractivity (Wildman–Crippen MR) is 51.3 cm³/mol. The maximum Gasteiger partial charge on any atom is 0.207 e. The number of nitrogens with two attached hydrogens (primary N) is 1. The molecule has 0 atom stereocenters. The molecule has 0 aliphatic carbocycles. The smallest absolute Gasteiger partial charge is 0.207 e. The summed E-state index contributed by atoms with van der Waals surface area (Å²) >= 11 is 4.84. The van der Waals surface area contributed by atoms with Crippen LogP contribution in [0.4, 0.5) is 5.95 Å². The summed E-state index contributed by atoms with van der Waals surface area (Å²) in [7, 11) is 0. The van der Waals surface area contributed by atoms with E-state index < -0.39 is 0 Å². The third-order valence-corrected chi connectivity index (χ3v) is 2.67. The first-order valence-corrected chi connectivity index (χ1v) is 4.85. The van der Waals surface area contributed by atoms with Crippen molar-refractivity contribution in [3.63, 3.8) is 0 Å². The molecule has 0 saturated carbocycles. The second-order valence-corrected chi connectivity index (χ2v) is 3.77. The molecule has 0 aromatic carbocycles. The third-order valence-electron chi connectivity index (χ3n) is 1.36. The molecule has 0 spiro atoms. The van der Waals surface area contributed by atoms with Gasteiger partial charge in [-0.2, -0.15) is 0 Å². The SMILES string of the molecule is Nc1ncc(Br)n1-c1nccs1. The Balaban J connectivity index is 2.60. The van der Waals surface area contributed by atoms with Crippen LogP contribution in [-0.4, -0.2) is 14.5 Å². The van der Waals surface area contributed by atoms with Gasteiger partial charge in [-0.1, -0.05) is 0 Å². The van der Waals surface area contributed by atoms with Crippen molar-refractivity contribution in [1.82, 2.24) is 14.5 Å². The highest BCUT2D eigenvalue weighted by Gasteiger charge is 2.07. The summed E-state index contributed by atoms with van der Waals surface area (Å²) in [6.07, 6.45) is 3.38. The lowest BCUT2D eigenvalue weighted by atomic mass is 10.8. The van der Waals surface area contributed by atoms with Gasteiger partial charge in [-0.3, -0.25) is 0 Å². The minimum atomic E-state index is 0.442. The highest BCUT2D eigenvalue weighted by molar-refractivity contribution is 9.10. The van der Waals surface area contributed by atoms with Crippen molar-refractivity contribution in [2.45, 2.75) is 0 Å². The molecule has 62 valence electrons. The van der Waals surface area contributed by atoms with Gasteiger partial charge in [0.2, 0.25) is 5.95 Å². The van der Waals surface area contributed by atoms with Crippen LogP contribution >= 0.6 is 27.3 Å². The first-order chi connectivity index (χ1) is 5.79. The molecular formula is C6H5BrN4S. The van der Waals surface area contributed by atoms with Crippen molar-refractivity contribution in [3.05, 3.63) is 22.4 Å². The number of nitrogen functional groups attached to an aromatic ring is 1. The van der Waals surface area contributed by atoms with E-state index in [1.165, 1.54) is 11.3 Å². The zero-order valence-corrected chi connectivity index (χ0v) is 8.34. The highest BCUT2D eigenvalue weighted by atomic mass is 79.9. The molecule has 2 N–H and O–H groups in total. The van der Waals surface area contributed by atoms with E-state index in [1.54, 1.807) is 17.0 Å². The van der Waals surface area contributed by atoms with E-state index in [4.69, 9.17) is 5.73 Å². The minimum absolute atomic E-state index is 0.442. The van der Waals surface area contributed by atoms with Gasteiger partial charge in [-0.05, 0) is 15.9 Å². The van der Waals surface area contributed by atoms with Crippen molar-refractivity contribution < 1.29 is 0 Å². The summed E-state index contributed by atoms with van der Waals surface area (Å²) in [5.74, 6) is 0.442. The number of hydrogen-bond acceptors (Lipinski definition) is 4. The Morgan fingerprint density at radius 1 is 1.50 bits per heavy atom. The molecule has 4 nitrogen and oxygen atoms in total. The summed E-state index contributed by atoms with van der Waals surface area (Å²) < 4.78 is 2.56. The van der Waals surface area contributed by atoms with Gasteiger partial charge in [-0.25, -0.2) is 14.5 Å². The molecule has 0 unspecified atom stereocenters. The normalized spacial score (nSPS) is 10.4. The van der Waals surface area contributed by atoms with E-state index in [-0.39, 0.29) is 0 Å². The lowest BCUT2D eigenvalue weighted by Gasteiger charge is -1.99. The first-order valence-electron chi connectivity index (χ1n) is 3.17. The van der Waals surface area contributed by atoms with Gasteiger partial charge >= 0.3 is 0 Å². The fraction of sp³-hybridized carbons (Fsp3) is 0. The van der Waals surface area contributed by atoms with Crippen LogP contribution in [0.5, 0.6) is 0 Å². The van der Waals surface area contributed by atoms with Crippen LogP contribution in [0.3, 0.4) is 0 Å². The average molecular weight is 245 g/mol. The van der Waals surface area contributed by atoms with Gasteiger partial charge in [0, 0.05) is 11.6 Å². The number of nitrogens with zero attached hydrogens (tertiary/aromatic N) is 3. The summed E-state index contributed by atoms with van der Waals surface area (Å²) in [5, 5.41) is 2.71. The molecule has 0 radical (unpaired) electrons. The van der Waals surface area contributed by atoms with Crippen LogP contribution in [-0.2, 0) is 0 Å². The summed E-state index contributed by atoms with van der Waals surface area (Å²) in [6, 6.07) is 0. The zero-order valence-electron chi connectivity index (χ0n) is 5.94. The van der Waals surface area contributed by atoms with E-state index in [0.717, 1.165) is 9.73 Å². The maximum absolute atomic E-state index is 5.62. The number of rotatable bonds is 1. The molecule has 6 heteroatoms. The third kappa shape index (κ3) is 1.12. The molecule has 12 heavy (non-hydrogen) atoms. The predicted octanol–water partition coefficient (Wildman–Crippen LogP) is 1.67. The molecule has 0 fully saturated rings. The number of thiazole rings is 1. The van der Waals surface area contributed by atoms with Crippen molar-refractivity contribution in [1.29, 1.82) is 0 Å². The van der Waals surface area contributed by atoms with Crippen molar-refractivity contribution >= 4 is 33.2 Å². The Bertz CT molecular complexity index is 361. The Labute approximate surface area is 81.2 Å². The van der Waals surface area contributed by atoms with Gasteiger partial charge in [0.05, 0.1) is 6.20 Å². The van der Waals surface area contributed by atoms with E-state index in [2.05, 4.69) is 25.9 Å². The van der Waals surface area contributed by atoms with E-state index in [0.29, 0.717) is 5.95 Å². The molecular weight excluding hydrogens is 240 g/mol. The lowest BCUT2D eigenvalue weighted by molar-refractivity contribution is 1.02. The number of imidazole rings is 1. The monoisotopic (exact) mass is 244 g/mol. The zero-order chi connectivity index (χ0) is 8.55. The average Bonchev–Trinajstić information content (AvgIpc) is 2.61. The van der Waals surface area contributed by atoms with Crippen LogP contribution in [0.15, 0.2) is 22.4 Å². The molecule has 0 amide bonds. The van der Waals surface area contributed by atoms with Crippen LogP contribution in [0.25, 0.3) is 5.13 Å². The first kappa shape index (κ1) is 7.75. The van der Waals surface area contributed by atoms with E-state index in [9.17, 15) is 0 Å². The van der Waals surface area contributed by atoms with Gasteiger partial charge in [0.25, 0.3) is 0 Å². The molecule has 2 heterocycles. The van der Waals surface area contributed by atoms with Crippen LogP contribution < -0.4 is 5.73 Å². The van der Waals surface area contributed by atoms with Crippen molar-refractivity contribution in [2.75, 3.05) is 5.73 Å². The largest absolute Gasteiger partial charge is 0.369 e. The number of halogens is 1. The Morgan fingerprint density at radius 3 is 2.83 bits per heavy atom. The fourth-order valence-corrected chi connectivity index (χ4v) is 2.09. The maximum atomic E-state index is 5.62. The number of hydrogen-bond donors (Lipinski definition) is 1. The second kappa shape index (κ2) is 2.87. The topological polar surface area (TPSA) is 56.7 Å². The Morgan fingerprint density at radius 2 is 2.33 bits per heavy atom.